The predicted molar refractivity (Wildman–Crippen MR) is 100 cm³/mol. The lowest BCUT2D eigenvalue weighted by molar-refractivity contribution is -0.274. The lowest BCUT2D eigenvalue weighted by atomic mass is 10.2. The Labute approximate surface area is 166 Å². The molecule has 0 radical (unpaired) electrons. The number of hydrogen-bond donors (Lipinski definition) is 1. The Bertz CT molecular complexity index is 987. The van der Waals surface area contributed by atoms with E-state index in [1.54, 1.807) is 0 Å². The van der Waals surface area contributed by atoms with E-state index in [1.165, 1.54) is 46.8 Å². The zero-order valence-electron chi connectivity index (χ0n) is 15.3. The third kappa shape index (κ3) is 5.27. The maximum Gasteiger partial charge on any atom is 0.573 e. The molecule has 2 aromatic carbocycles. The molecule has 1 saturated heterocycles. The fourth-order valence-corrected chi connectivity index (χ4v) is 4.59. The molecule has 2 aromatic rings. The number of ether oxygens (including phenoxy) is 1. The van der Waals surface area contributed by atoms with Gasteiger partial charge in [0.2, 0.25) is 10.0 Å². The van der Waals surface area contributed by atoms with Gasteiger partial charge in [0, 0.05) is 18.7 Å². The van der Waals surface area contributed by atoms with Crippen LogP contribution in [0, 0.1) is 0 Å². The first kappa shape index (κ1) is 21.1. The van der Waals surface area contributed by atoms with Crippen LogP contribution in [0.15, 0.2) is 53.4 Å². The van der Waals surface area contributed by atoms with Gasteiger partial charge in [0.05, 0.1) is 10.6 Å². The second-order valence-electron chi connectivity index (χ2n) is 6.49. The van der Waals surface area contributed by atoms with Crippen LogP contribution in [0.4, 0.5) is 18.9 Å². The molecule has 1 heterocycles. The number of alkyl halides is 3. The highest BCUT2D eigenvalue weighted by atomic mass is 32.2. The first-order valence-electron chi connectivity index (χ1n) is 8.93. The van der Waals surface area contributed by atoms with E-state index in [9.17, 15) is 26.4 Å². The summed E-state index contributed by atoms with van der Waals surface area (Å²) in [5, 5.41) is 2.34. The molecule has 6 nitrogen and oxygen atoms in total. The van der Waals surface area contributed by atoms with E-state index in [4.69, 9.17) is 0 Å². The lowest BCUT2D eigenvalue weighted by Crippen LogP contribution is -2.35. The summed E-state index contributed by atoms with van der Waals surface area (Å²) in [7, 11) is -3.74. The van der Waals surface area contributed by atoms with Crippen LogP contribution in [0.5, 0.6) is 5.75 Å². The summed E-state index contributed by atoms with van der Waals surface area (Å²) in [6.07, 6.45) is -2.40. The van der Waals surface area contributed by atoms with Gasteiger partial charge in [-0.3, -0.25) is 4.79 Å². The van der Waals surface area contributed by atoms with Gasteiger partial charge >= 0.3 is 6.36 Å². The van der Waals surface area contributed by atoms with Crippen molar-refractivity contribution >= 4 is 21.6 Å². The molecule has 0 bridgehead atoms. The largest absolute Gasteiger partial charge is 0.573 e. The molecule has 156 valence electrons. The van der Waals surface area contributed by atoms with Crippen LogP contribution in [0.3, 0.4) is 0 Å². The minimum atomic E-state index is -4.91. The smallest absolute Gasteiger partial charge is 0.404 e. The van der Waals surface area contributed by atoms with E-state index in [0.29, 0.717) is 13.1 Å². The SMILES string of the molecule is O=C(Nc1ccccc1OC(F)(F)F)c1cccc(S(=O)(=O)N2CCCCC2)c1. The zero-order valence-corrected chi connectivity index (χ0v) is 16.1. The molecule has 10 heteroatoms. The number of sulfonamides is 1. The fraction of sp³-hybridized carbons (Fsp3) is 0.316. The van der Waals surface area contributed by atoms with Crippen molar-refractivity contribution in [3.05, 3.63) is 54.1 Å². The number of rotatable bonds is 5. The summed E-state index contributed by atoms with van der Waals surface area (Å²) in [6, 6.07) is 10.5. The zero-order chi connectivity index (χ0) is 21.1. The molecule has 0 aromatic heterocycles. The molecule has 0 aliphatic carbocycles. The summed E-state index contributed by atoms with van der Waals surface area (Å²) in [6.45, 7) is 0.835. The number of nitrogens with zero attached hydrogens (tertiary/aromatic N) is 1. The summed E-state index contributed by atoms with van der Waals surface area (Å²) < 4.78 is 68.5. The van der Waals surface area contributed by atoms with Crippen LogP contribution in [0.25, 0.3) is 0 Å². The lowest BCUT2D eigenvalue weighted by Gasteiger charge is -2.26. The Morgan fingerprint density at radius 1 is 1.00 bits per heavy atom. The van der Waals surface area contributed by atoms with Crippen molar-refractivity contribution in [2.24, 2.45) is 0 Å². The average Bonchev–Trinajstić information content (AvgIpc) is 2.69. The molecule has 29 heavy (non-hydrogen) atoms. The number of nitrogens with one attached hydrogen (secondary N) is 1. The van der Waals surface area contributed by atoms with Gasteiger partial charge in [-0.1, -0.05) is 24.6 Å². The number of benzene rings is 2. The molecule has 1 aliphatic rings. The molecule has 0 atom stereocenters. The van der Waals surface area contributed by atoms with Crippen molar-refractivity contribution in [2.45, 2.75) is 30.5 Å². The molecular weight excluding hydrogens is 409 g/mol. The van der Waals surface area contributed by atoms with E-state index >= 15 is 0 Å². The molecule has 1 aliphatic heterocycles. The normalized spacial score (nSPS) is 15.7. The third-order valence-corrected chi connectivity index (χ3v) is 6.30. The summed E-state index contributed by atoms with van der Waals surface area (Å²) in [4.78, 5) is 12.5. The van der Waals surface area contributed by atoms with Gasteiger partial charge in [0.1, 0.15) is 0 Å². The van der Waals surface area contributed by atoms with E-state index in [0.717, 1.165) is 25.3 Å². The topological polar surface area (TPSA) is 75.7 Å². The summed E-state index contributed by atoms with van der Waals surface area (Å²) >= 11 is 0. The van der Waals surface area contributed by atoms with Gasteiger partial charge < -0.3 is 10.1 Å². The first-order chi connectivity index (χ1) is 13.7. The first-order valence-corrected chi connectivity index (χ1v) is 10.4. The second kappa shape index (κ2) is 8.42. The molecule has 1 amide bonds. The second-order valence-corrected chi connectivity index (χ2v) is 8.43. The van der Waals surface area contributed by atoms with Gasteiger partial charge in [-0.05, 0) is 43.2 Å². The van der Waals surface area contributed by atoms with Crippen molar-refractivity contribution in [1.82, 2.24) is 4.31 Å². The number of carbonyl (C=O) groups excluding carboxylic acids is 1. The number of halogens is 3. The van der Waals surface area contributed by atoms with Crippen LogP contribution in [0.1, 0.15) is 29.6 Å². The summed E-state index contributed by atoms with van der Waals surface area (Å²) in [5.41, 5.74) is -0.177. The van der Waals surface area contributed by atoms with Crippen LogP contribution < -0.4 is 10.1 Å². The highest BCUT2D eigenvalue weighted by molar-refractivity contribution is 7.89. The fourth-order valence-electron chi connectivity index (χ4n) is 3.03. The van der Waals surface area contributed by atoms with Crippen molar-refractivity contribution in [2.75, 3.05) is 18.4 Å². The van der Waals surface area contributed by atoms with Crippen molar-refractivity contribution in [3.63, 3.8) is 0 Å². The predicted octanol–water partition coefficient (Wildman–Crippen LogP) is 4.01. The Balaban J connectivity index is 1.82. The van der Waals surface area contributed by atoms with E-state index in [2.05, 4.69) is 10.1 Å². The molecule has 3 rings (SSSR count). The Morgan fingerprint density at radius 2 is 1.69 bits per heavy atom. The monoisotopic (exact) mass is 428 g/mol. The molecule has 1 fully saturated rings. The maximum absolute atomic E-state index is 12.8. The van der Waals surface area contributed by atoms with E-state index in [-0.39, 0.29) is 16.1 Å². The number of amides is 1. The Morgan fingerprint density at radius 3 is 2.38 bits per heavy atom. The highest BCUT2D eigenvalue weighted by Crippen LogP contribution is 2.30. The van der Waals surface area contributed by atoms with Crippen LogP contribution in [0.2, 0.25) is 0 Å². The van der Waals surface area contributed by atoms with Crippen molar-refractivity contribution in [3.8, 4) is 5.75 Å². The van der Waals surface area contributed by atoms with E-state index < -0.39 is 28.0 Å². The Hall–Kier alpha value is -2.59. The third-order valence-electron chi connectivity index (χ3n) is 4.41. The number of piperidine rings is 1. The number of para-hydroxylation sites is 2. The number of hydrogen-bond acceptors (Lipinski definition) is 4. The minimum Gasteiger partial charge on any atom is -0.404 e. The Kier molecular flexibility index (Phi) is 6.13. The van der Waals surface area contributed by atoms with Gasteiger partial charge in [-0.25, -0.2) is 8.42 Å². The minimum absolute atomic E-state index is 0.00453. The van der Waals surface area contributed by atoms with Crippen LogP contribution >= 0.6 is 0 Å². The van der Waals surface area contributed by atoms with Gasteiger partial charge in [0.25, 0.3) is 5.91 Å². The van der Waals surface area contributed by atoms with Crippen molar-refractivity contribution < 1.29 is 31.1 Å². The maximum atomic E-state index is 12.8. The van der Waals surface area contributed by atoms with Gasteiger partial charge in [0.15, 0.2) is 5.75 Å². The molecule has 0 saturated carbocycles. The van der Waals surface area contributed by atoms with Crippen molar-refractivity contribution in [1.29, 1.82) is 0 Å². The molecule has 1 N–H and O–H groups in total. The van der Waals surface area contributed by atoms with Gasteiger partial charge in [-0.2, -0.15) is 4.31 Å². The van der Waals surface area contributed by atoms with Gasteiger partial charge in [-0.15, -0.1) is 13.2 Å². The van der Waals surface area contributed by atoms with E-state index in [1.807, 2.05) is 0 Å². The molecule has 0 spiro atoms. The summed E-state index contributed by atoms with van der Waals surface area (Å²) in [5.74, 6) is -1.32. The highest BCUT2D eigenvalue weighted by Gasteiger charge is 2.32. The number of carbonyl (C=O) groups is 1. The average molecular weight is 428 g/mol. The molecule has 0 unspecified atom stereocenters. The number of anilines is 1. The van der Waals surface area contributed by atoms with Crippen LogP contribution in [-0.2, 0) is 10.0 Å². The molecular formula is C19H19F3N2O4S. The van der Waals surface area contributed by atoms with Crippen LogP contribution in [-0.4, -0.2) is 38.1 Å². The standard InChI is InChI=1S/C19H19F3N2O4S/c20-19(21,22)28-17-10-3-2-9-16(17)23-18(25)14-7-6-8-15(13-14)29(26,27)24-11-4-1-5-12-24/h2-3,6-10,13H,1,4-5,11-12H2,(H,23,25). The quantitative estimate of drug-likeness (QED) is 0.781.